The van der Waals surface area contributed by atoms with Crippen LogP contribution >= 0.6 is 11.8 Å². The van der Waals surface area contributed by atoms with E-state index in [1.165, 1.54) is 7.11 Å². The SMILES string of the molecule is COC(=O)C1CCCC1S(=O)(=O)NC1CCCC1SC. The van der Waals surface area contributed by atoms with Crippen molar-refractivity contribution in [1.82, 2.24) is 4.72 Å². The molecule has 0 saturated heterocycles. The van der Waals surface area contributed by atoms with E-state index < -0.39 is 27.2 Å². The average molecular weight is 321 g/mol. The van der Waals surface area contributed by atoms with Gasteiger partial charge in [-0.3, -0.25) is 4.79 Å². The van der Waals surface area contributed by atoms with Gasteiger partial charge in [0, 0.05) is 11.3 Å². The van der Waals surface area contributed by atoms with Crippen LogP contribution in [0.2, 0.25) is 0 Å². The molecule has 2 aliphatic rings. The van der Waals surface area contributed by atoms with E-state index >= 15 is 0 Å². The van der Waals surface area contributed by atoms with E-state index in [9.17, 15) is 13.2 Å². The van der Waals surface area contributed by atoms with Gasteiger partial charge in [0.25, 0.3) is 0 Å². The van der Waals surface area contributed by atoms with E-state index in [0.29, 0.717) is 18.1 Å². The van der Waals surface area contributed by atoms with Gasteiger partial charge in [-0.25, -0.2) is 13.1 Å². The summed E-state index contributed by atoms with van der Waals surface area (Å²) in [5.74, 6) is -0.905. The number of carbonyl (C=O) groups is 1. The number of esters is 1. The maximum absolute atomic E-state index is 12.6. The molecule has 2 saturated carbocycles. The number of nitrogens with one attached hydrogen (secondary N) is 1. The Kier molecular flexibility index (Phi) is 5.36. The van der Waals surface area contributed by atoms with Crippen molar-refractivity contribution in [1.29, 1.82) is 0 Å². The summed E-state index contributed by atoms with van der Waals surface area (Å²) in [6, 6.07) is 0.00824. The van der Waals surface area contributed by atoms with Crippen molar-refractivity contribution in [2.75, 3.05) is 13.4 Å². The Morgan fingerprint density at radius 2 is 1.90 bits per heavy atom. The maximum atomic E-state index is 12.6. The van der Waals surface area contributed by atoms with Gasteiger partial charge in [-0.2, -0.15) is 11.8 Å². The van der Waals surface area contributed by atoms with Gasteiger partial charge in [0.1, 0.15) is 0 Å². The Hall–Kier alpha value is -0.270. The molecule has 4 atom stereocenters. The number of ether oxygens (including phenoxy) is 1. The first kappa shape index (κ1) is 16.1. The fraction of sp³-hybridized carbons (Fsp3) is 0.923. The first-order valence-corrected chi connectivity index (χ1v) is 9.94. The number of hydrogen-bond donors (Lipinski definition) is 1. The second kappa shape index (κ2) is 6.66. The van der Waals surface area contributed by atoms with Gasteiger partial charge < -0.3 is 4.74 Å². The molecule has 0 radical (unpaired) electrons. The van der Waals surface area contributed by atoms with Crippen LogP contribution in [0.25, 0.3) is 0 Å². The summed E-state index contributed by atoms with van der Waals surface area (Å²) < 4.78 is 32.7. The van der Waals surface area contributed by atoms with Crippen LogP contribution in [-0.2, 0) is 19.6 Å². The van der Waals surface area contributed by atoms with Crippen LogP contribution in [0, 0.1) is 5.92 Å². The number of hydrogen-bond acceptors (Lipinski definition) is 5. The first-order valence-electron chi connectivity index (χ1n) is 7.11. The third kappa shape index (κ3) is 3.31. The molecule has 116 valence electrons. The number of thioether (sulfide) groups is 1. The van der Waals surface area contributed by atoms with Crippen molar-refractivity contribution in [2.45, 2.75) is 55.1 Å². The van der Waals surface area contributed by atoms with Crippen molar-refractivity contribution in [3.8, 4) is 0 Å². The highest BCUT2D eigenvalue weighted by Crippen LogP contribution is 2.34. The second-order valence-corrected chi connectivity index (χ2v) is 8.58. The van der Waals surface area contributed by atoms with Gasteiger partial charge in [0.15, 0.2) is 0 Å². The van der Waals surface area contributed by atoms with Crippen LogP contribution in [0.5, 0.6) is 0 Å². The summed E-state index contributed by atoms with van der Waals surface area (Å²) >= 11 is 1.72. The van der Waals surface area contributed by atoms with Gasteiger partial charge in [0.05, 0.1) is 18.3 Å². The van der Waals surface area contributed by atoms with Gasteiger partial charge in [0.2, 0.25) is 10.0 Å². The topological polar surface area (TPSA) is 72.5 Å². The minimum Gasteiger partial charge on any atom is -0.469 e. The van der Waals surface area contributed by atoms with Crippen LogP contribution in [0.4, 0.5) is 0 Å². The normalized spacial score (nSPS) is 34.3. The molecule has 20 heavy (non-hydrogen) atoms. The summed E-state index contributed by atoms with van der Waals surface area (Å²) in [6.45, 7) is 0. The molecule has 0 aromatic rings. The molecular weight excluding hydrogens is 298 g/mol. The lowest BCUT2D eigenvalue weighted by molar-refractivity contribution is -0.145. The van der Waals surface area contributed by atoms with Crippen molar-refractivity contribution < 1.29 is 17.9 Å². The summed E-state index contributed by atoms with van der Waals surface area (Å²) in [6.07, 6.45) is 6.94. The van der Waals surface area contributed by atoms with Crippen LogP contribution in [0.15, 0.2) is 0 Å². The van der Waals surface area contributed by atoms with Gasteiger partial charge in [-0.15, -0.1) is 0 Å². The van der Waals surface area contributed by atoms with Gasteiger partial charge >= 0.3 is 5.97 Å². The quantitative estimate of drug-likeness (QED) is 0.778. The molecule has 0 bridgehead atoms. The Bertz CT molecular complexity index is 451. The molecule has 2 fully saturated rings. The molecule has 0 aromatic heterocycles. The summed E-state index contributed by atoms with van der Waals surface area (Å²) in [4.78, 5) is 11.7. The summed E-state index contributed by atoms with van der Waals surface area (Å²) in [5, 5.41) is -0.277. The molecule has 2 rings (SSSR count). The van der Waals surface area contributed by atoms with Gasteiger partial charge in [-0.05, 0) is 31.9 Å². The Morgan fingerprint density at radius 3 is 2.55 bits per heavy atom. The van der Waals surface area contributed by atoms with E-state index in [0.717, 1.165) is 25.7 Å². The van der Waals surface area contributed by atoms with Crippen LogP contribution < -0.4 is 4.72 Å². The Morgan fingerprint density at radius 1 is 1.20 bits per heavy atom. The Balaban J connectivity index is 2.07. The molecule has 2 aliphatic carbocycles. The summed E-state index contributed by atoms with van der Waals surface area (Å²) in [7, 11) is -2.14. The fourth-order valence-electron chi connectivity index (χ4n) is 3.36. The van der Waals surface area contributed by atoms with E-state index in [2.05, 4.69) is 4.72 Å². The highest BCUT2D eigenvalue weighted by atomic mass is 32.2. The predicted molar refractivity (Wildman–Crippen MR) is 80.1 cm³/mol. The maximum Gasteiger partial charge on any atom is 0.310 e. The molecule has 0 aliphatic heterocycles. The number of carbonyl (C=O) groups excluding carboxylic acids is 1. The average Bonchev–Trinajstić information content (AvgIpc) is 3.05. The molecule has 5 nitrogen and oxygen atoms in total. The zero-order chi connectivity index (χ0) is 14.8. The van der Waals surface area contributed by atoms with E-state index in [1.807, 2.05) is 6.26 Å². The zero-order valence-corrected chi connectivity index (χ0v) is 13.6. The first-order chi connectivity index (χ1) is 9.49. The van der Waals surface area contributed by atoms with Crippen LogP contribution in [0.3, 0.4) is 0 Å². The van der Waals surface area contributed by atoms with Crippen molar-refractivity contribution >= 4 is 27.8 Å². The standard InChI is InChI=1S/C13H23NO4S2/c1-18-13(15)9-5-3-8-12(9)20(16,17)14-10-6-4-7-11(10)19-2/h9-12,14H,3-8H2,1-2H3. The number of methoxy groups -OCH3 is 1. The summed E-state index contributed by atoms with van der Waals surface area (Å²) in [5.41, 5.74) is 0. The van der Waals surface area contributed by atoms with E-state index in [1.54, 1.807) is 11.8 Å². The molecule has 4 unspecified atom stereocenters. The van der Waals surface area contributed by atoms with Crippen LogP contribution in [-0.4, -0.2) is 44.3 Å². The molecular formula is C13H23NO4S2. The molecule has 0 heterocycles. The smallest absolute Gasteiger partial charge is 0.310 e. The van der Waals surface area contributed by atoms with Crippen molar-refractivity contribution in [2.24, 2.45) is 5.92 Å². The minimum atomic E-state index is -3.45. The lowest BCUT2D eigenvalue weighted by Crippen LogP contribution is -2.46. The third-order valence-corrected chi connectivity index (χ3v) is 7.59. The number of sulfonamides is 1. The highest BCUT2D eigenvalue weighted by molar-refractivity contribution is 7.99. The van der Waals surface area contributed by atoms with E-state index in [-0.39, 0.29) is 6.04 Å². The predicted octanol–water partition coefficient (Wildman–Crippen LogP) is 1.53. The molecule has 1 N–H and O–H groups in total. The van der Waals surface area contributed by atoms with Crippen molar-refractivity contribution in [3.05, 3.63) is 0 Å². The minimum absolute atomic E-state index is 0.00824. The largest absolute Gasteiger partial charge is 0.469 e. The number of rotatable bonds is 5. The zero-order valence-electron chi connectivity index (χ0n) is 12.0. The molecule has 7 heteroatoms. The molecule has 0 amide bonds. The lowest BCUT2D eigenvalue weighted by atomic mass is 10.1. The lowest BCUT2D eigenvalue weighted by Gasteiger charge is -2.24. The third-order valence-electron chi connectivity index (χ3n) is 4.43. The fourth-order valence-corrected chi connectivity index (χ4v) is 6.42. The van der Waals surface area contributed by atoms with Gasteiger partial charge in [-0.1, -0.05) is 12.8 Å². The monoisotopic (exact) mass is 321 g/mol. The van der Waals surface area contributed by atoms with Crippen LogP contribution in [0.1, 0.15) is 38.5 Å². The van der Waals surface area contributed by atoms with E-state index in [4.69, 9.17) is 4.74 Å². The molecule has 0 spiro atoms. The molecule has 0 aromatic carbocycles. The van der Waals surface area contributed by atoms with Crippen molar-refractivity contribution in [3.63, 3.8) is 0 Å². The highest BCUT2D eigenvalue weighted by Gasteiger charge is 2.43. The Labute approximate surface area is 125 Å². The second-order valence-electron chi connectivity index (χ2n) is 5.57.